The number of hydrogen-bond donors (Lipinski definition) is 1. The van der Waals surface area contributed by atoms with E-state index in [0.717, 1.165) is 9.92 Å². The van der Waals surface area contributed by atoms with E-state index in [2.05, 4.69) is 42.0 Å². The highest BCUT2D eigenvalue weighted by atomic mass is 35.5. The summed E-state index contributed by atoms with van der Waals surface area (Å²) in [5, 5.41) is 1.13. The zero-order chi connectivity index (χ0) is 12.4. The van der Waals surface area contributed by atoms with Crippen LogP contribution in [0, 0.1) is 13.8 Å². The molecule has 2 rings (SSSR count). The first-order valence-electron chi connectivity index (χ1n) is 5.10. The fourth-order valence-corrected chi connectivity index (χ4v) is 2.66. The lowest BCUT2D eigenvalue weighted by Crippen LogP contribution is -1.95. The number of nitrogens with zero attached hydrogens (tertiary/aromatic N) is 2. The minimum absolute atomic E-state index is 0.199. The minimum atomic E-state index is 0.199. The van der Waals surface area contributed by atoms with Crippen molar-refractivity contribution in [3.8, 4) is 0 Å². The molecule has 2 aromatic rings. The van der Waals surface area contributed by atoms with Crippen molar-refractivity contribution in [1.82, 2.24) is 9.97 Å². The molecule has 0 aliphatic heterocycles. The summed E-state index contributed by atoms with van der Waals surface area (Å²) in [6.45, 7) is 4.12. The Kier molecular flexibility index (Phi) is 3.54. The van der Waals surface area contributed by atoms with Gasteiger partial charge < -0.3 is 5.73 Å². The molecule has 1 aromatic heterocycles. The Morgan fingerprint density at radius 2 is 1.94 bits per heavy atom. The summed E-state index contributed by atoms with van der Waals surface area (Å²) in [7, 11) is 0. The van der Waals surface area contributed by atoms with E-state index < -0.39 is 0 Å². The zero-order valence-corrected chi connectivity index (χ0v) is 11.1. The van der Waals surface area contributed by atoms with Gasteiger partial charge in [0.05, 0.1) is 0 Å². The largest absolute Gasteiger partial charge is 0.368 e. The Morgan fingerprint density at radius 1 is 1.18 bits per heavy atom. The fraction of sp³-hybridized carbons (Fsp3) is 0.167. The van der Waals surface area contributed by atoms with Crippen molar-refractivity contribution < 1.29 is 0 Å². The lowest BCUT2D eigenvalue weighted by atomic mass is 10.2. The lowest BCUT2D eigenvalue weighted by Gasteiger charge is -2.06. The Hall–Kier alpha value is -1.26. The molecule has 0 amide bonds. The van der Waals surface area contributed by atoms with Crippen LogP contribution >= 0.6 is 23.4 Å². The number of nitrogen functional groups attached to an aromatic ring is 1. The molecule has 0 atom stereocenters. The summed E-state index contributed by atoms with van der Waals surface area (Å²) < 4.78 is 0. The van der Waals surface area contributed by atoms with E-state index in [4.69, 9.17) is 17.3 Å². The number of aryl methyl sites for hydroxylation is 2. The SMILES string of the molecule is Cc1ccc(C)c(Sc2cc(Cl)nc(N)n2)c1. The molecule has 1 aromatic carbocycles. The topological polar surface area (TPSA) is 51.8 Å². The standard InChI is InChI=1S/C12H12ClN3S/c1-7-3-4-8(2)9(5-7)17-11-6-10(13)15-12(14)16-11/h3-6H,1-2H3,(H2,14,15,16). The van der Waals surface area contributed by atoms with Crippen LogP contribution in [-0.2, 0) is 0 Å². The van der Waals surface area contributed by atoms with Gasteiger partial charge in [0.25, 0.3) is 0 Å². The third kappa shape index (κ3) is 3.11. The van der Waals surface area contributed by atoms with Crippen molar-refractivity contribution in [1.29, 1.82) is 0 Å². The molecular formula is C12H12ClN3S. The molecule has 88 valence electrons. The van der Waals surface area contributed by atoms with Crippen LogP contribution < -0.4 is 5.73 Å². The second kappa shape index (κ2) is 4.94. The van der Waals surface area contributed by atoms with Crippen LogP contribution in [0.2, 0.25) is 5.15 Å². The Balaban J connectivity index is 2.34. The maximum atomic E-state index is 5.84. The molecule has 0 saturated heterocycles. The Labute approximate surface area is 109 Å². The van der Waals surface area contributed by atoms with Crippen LogP contribution in [0.3, 0.4) is 0 Å². The zero-order valence-electron chi connectivity index (χ0n) is 9.57. The first-order chi connectivity index (χ1) is 8.04. The molecular weight excluding hydrogens is 254 g/mol. The van der Waals surface area contributed by atoms with E-state index in [9.17, 15) is 0 Å². The van der Waals surface area contributed by atoms with E-state index in [1.165, 1.54) is 11.1 Å². The number of aromatic nitrogens is 2. The summed E-state index contributed by atoms with van der Waals surface area (Å²) >= 11 is 7.38. The first kappa shape index (κ1) is 12.2. The number of benzene rings is 1. The van der Waals surface area contributed by atoms with E-state index in [-0.39, 0.29) is 5.95 Å². The van der Waals surface area contributed by atoms with Crippen LogP contribution in [0.4, 0.5) is 5.95 Å². The minimum Gasteiger partial charge on any atom is -0.368 e. The van der Waals surface area contributed by atoms with Crippen LogP contribution in [0.1, 0.15) is 11.1 Å². The number of rotatable bonds is 2. The van der Waals surface area contributed by atoms with Gasteiger partial charge in [-0.3, -0.25) is 0 Å². The van der Waals surface area contributed by atoms with Gasteiger partial charge in [-0.25, -0.2) is 9.97 Å². The van der Waals surface area contributed by atoms with Crippen LogP contribution in [-0.4, -0.2) is 9.97 Å². The van der Waals surface area contributed by atoms with Crippen LogP contribution in [0.15, 0.2) is 34.2 Å². The molecule has 0 radical (unpaired) electrons. The van der Waals surface area contributed by atoms with Gasteiger partial charge in [0.2, 0.25) is 5.95 Å². The van der Waals surface area contributed by atoms with Crippen molar-refractivity contribution in [3.05, 3.63) is 40.5 Å². The third-order valence-electron chi connectivity index (χ3n) is 2.25. The highest BCUT2D eigenvalue weighted by molar-refractivity contribution is 7.99. The molecule has 0 fully saturated rings. The summed E-state index contributed by atoms with van der Waals surface area (Å²) in [6, 6.07) is 8.00. The predicted molar refractivity (Wildman–Crippen MR) is 71.5 cm³/mol. The molecule has 17 heavy (non-hydrogen) atoms. The number of nitrogens with two attached hydrogens (primary N) is 1. The molecule has 0 bridgehead atoms. The third-order valence-corrected chi connectivity index (χ3v) is 3.52. The van der Waals surface area contributed by atoms with Crippen molar-refractivity contribution in [2.75, 3.05) is 5.73 Å². The van der Waals surface area contributed by atoms with Crippen molar-refractivity contribution in [2.45, 2.75) is 23.8 Å². The van der Waals surface area contributed by atoms with Gasteiger partial charge in [-0.1, -0.05) is 35.5 Å². The maximum absolute atomic E-state index is 5.84. The van der Waals surface area contributed by atoms with Gasteiger partial charge in [0.1, 0.15) is 10.2 Å². The van der Waals surface area contributed by atoms with Crippen molar-refractivity contribution >= 4 is 29.3 Å². The molecule has 0 saturated carbocycles. The van der Waals surface area contributed by atoms with E-state index >= 15 is 0 Å². The molecule has 0 aliphatic rings. The summed E-state index contributed by atoms with van der Waals surface area (Å²) in [5.41, 5.74) is 7.98. The fourth-order valence-electron chi connectivity index (χ4n) is 1.40. The maximum Gasteiger partial charge on any atom is 0.222 e. The highest BCUT2D eigenvalue weighted by Gasteiger charge is 2.05. The summed E-state index contributed by atoms with van der Waals surface area (Å²) in [5.74, 6) is 0.199. The number of anilines is 1. The van der Waals surface area contributed by atoms with E-state index in [1.807, 2.05) is 0 Å². The van der Waals surface area contributed by atoms with Crippen LogP contribution in [0.5, 0.6) is 0 Å². The quantitative estimate of drug-likeness (QED) is 0.845. The summed E-state index contributed by atoms with van der Waals surface area (Å²) in [4.78, 5) is 9.13. The first-order valence-corrected chi connectivity index (χ1v) is 6.29. The van der Waals surface area contributed by atoms with Gasteiger partial charge in [-0.05, 0) is 31.0 Å². The smallest absolute Gasteiger partial charge is 0.222 e. The molecule has 3 nitrogen and oxygen atoms in total. The lowest BCUT2D eigenvalue weighted by molar-refractivity contribution is 1.06. The van der Waals surface area contributed by atoms with E-state index in [0.29, 0.717) is 5.15 Å². The monoisotopic (exact) mass is 265 g/mol. The molecule has 0 spiro atoms. The second-order valence-corrected chi connectivity index (χ2v) is 5.21. The van der Waals surface area contributed by atoms with Gasteiger partial charge in [0, 0.05) is 11.0 Å². The Morgan fingerprint density at radius 3 is 2.65 bits per heavy atom. The molecule has 0 unspecified atom stereocenters. The van der Waals surface area contributed by atoms with Gasteiger partial charge in [0.15, 0.2) is 0 Å². The highest BCUT2D eigenvalue weighted by Crippen LogP contribution is 2.30. The average Bonchev–Trinajstić information content (AvgIpc) is 2.22. The number of halogens is 1. The van der Waals surface area contributed by atoms with Gasteiger partial charge in [-0.2, -0.15) is 0 Å². The summed E-state index contributed by atoms with van der Waals surface area (Å²) in [6.07, 6.45) is 0. The second-order valence-electron chi connectivity index (χ2n) is 3.76. The number of hydrogen-bond acceptors (Lipinski definition) is 4. The van der Waals surface area contributed by atoms with E-state index in [1.54, 1.807) is 17.8 Å². The van der Waals surface area contributed by atoms with Crippen LogP contribution in [0.25, 0.3) is 0 Å². The Bertz CT molecular complexity index is 537. The van der Waals surface area contributed by atoms with Gasteiger partial charge >= 0.3 is 0 Å². The average molecular weight is 266 g/mol. The predicted octanol–water partition coefficient (Wildman–Crippen LogP) is 3.48. The van der Waals surface area contributed by atoms with Crippen molar-refractivity contribution in [2.24, 2.45) is 0 Å². The molecule has 0 aliphatic carbocycles. The molecule has 1 heterocycles. The molecule has 5 heteroatoms. The van der Waals surface area contributed by atoms with Crippen molar-refractivity contribution in [3.63, 3.8) is 0 Å². The van der Waals surface area contributed by atoms with Gasteiger partial charge in [-0.15, -0.1) is 0 Å². The normalized spacial score (nSPS) is 10.5. The molecule has 2 N–H and O–H groups in total.